The molecule has 0 saturated carbocycles. The maximum atomic E-state index is 12.4. The van der Waals surface area contributed by atoms with E-state index in [0.29, 0.717) is 12.1 Å². The molecule has 1 heterocycles. The molecule has 0 bridgehead atoms. The number of nitrogens with one attached hydrogen (secondary N) is 2. The van der Waals surface area contributed by atoms with E-state index in [1.165, 1.54) is 13.2 Å². The van der Waals surface area contributed by atoms with Crippen molar-refractivity contribution in [3.63, 3.8) is 0 Å². The first-order chi connectivity index (χ1) is 11.1. The minimum Gasteiger partial charge on any atom is -0.465 e. The number of rotatable bonds is 6. The number of methoxy groups -OCH3 is 1. The van der Waals surface area contributed by atoms with Gasteiger partial charge in [-0.05, 0) is 18.6 Å². The lowest BCUT2D eigenvalue weighted by Crippen LogP contribution is -2.36. The van der Waals surface area contributed by atoms with Crippen molar-refractivity contribution < 1.29 is 14.3 Å². The van der Waals surface area contributed by atoms with Crippen molar-refractivity contribution in [3.8, 4) is 0 Å². The number of hydrogen-bond donors (Lipinski definition) is 2. The average Bonchev–Trinajstić information content (AvgIpc) is 2.91. The van der Waals surface area contributed by atoms with E-state index in [0.717, 1.165) is 30.4 Å². The monoisotopic (exact) mass is 319 g/mol. The molecule has 0 aliphatic heterocycles. The van der Waals surface area contributed by atoms with Crippen molar-refractivity contribution in [1.82, 2.24) is 15.1 Å². The summed E-state index contributed by atoms with van der Waals surface area (Å²) < 4.78 is 5.56. The van der Waals surface area contributed by atoms with Gasteiger partial charge in [-0.2, -0.15) is 4.68 Å². The molecule has 1 amide bonds. The maximum absolute atomic E-state index is 12.4. The number of aromatic amines is 1. The van der Waals surface area contributed by atoms with Gasteiger partial charge in [0.15, 0.2) is 0 Å². The Morgan fingerprint density at radius 3 is 2.74 bits per heavy atom. The van der Waals surface area contributed by atoms with Crippen LogP contribution < -0.4 is 10.9 Å². The van der Waals surface area contributed by atoms with Gasteiger partial charge in [0.05, 0.1) is 23.6 Å². The predicted octanol–water partition coefficient (Wildman–Crippen LogP) is 2.25. The zero-order valence-electron chi connectivity index (χ0n) is 13.3. The molecule has 0 unspecified atom stereocenters. The molecule has 1 aromatic carbocycles. The summed E-state index contributed by atoms with van der Waals surface area (Å²) in [7, 11) is 1.25. The first kappa shape index (κ1) is 16.8. The zero-order chi connectivity index (χ0) is 16.8. The third-order valence-electron chi connectivity index (χ3n) is 3.63. The van der Waals surface area contributed by atoms with Crippen molar-refractivity contribution in [2.75, 3.05) is 13.7 Å². The van der Waals surface area contributed by atoms with Gasteiger partial charge in [0.1, 0.15) is 0 Å². The number of ether oxygens (including phenoxy) is 1. The van der Waals surface area contributed by atoms with Crippen LogP contribution >= 0.6 is 0 Å². The Morgan fingerprint density at radius 1 is 1.26 bits per heavy atom. The summed E-state index contributed by atoms with van der Waals surface area (Å²) in [4.78, 5) is 36.3. The highest BCUT2D eigenvalue weighted by atomic mass is 16.5. The van der Waals surface area contributed by atoms with Gasteiger partial charge in [0.2, 0.25) is 0 Å². The second-order valence-electron chi connectivity index (χ2n) is 5.26. The molecular weight excluding hydrogens is 298 g/mol. The summed E-state index contributed by atoms with van der Waals surface area (Å²) in [5, 5.41) is 5.57. The van der Waals surface area contributed by atoms with Crippen molar-refractivity contribution in [1.29, 1.82) is 0 Å². The van der Waals surface area contributed by atoms with Crippen LogP contribution in [0.3, 0.4) is 0 Å². The number of unbranched alkanes of at least 4 members (excludes halogenated alkanes) is 3. The third kappa shape index (κ3) is 3.61. The Kier molecular flexibility index (Phi) is 5.56. The number of H-pyrrole nitrogens is 1. The maximum Gasteiger partial charge on any atom is 0.343 e. The molecule has 0 atom stereocenters. The van der Waals surface area contributed by atoms with Crippen molar-refractivity contribution in [2.24, 2.45) is 0 Å². The zero-order valence-corrected chi connectivity index (χ0v) is 13.3. The molecule has 1 aromatic heterocycles. The van der Waals surface area contributed by atoms with Crippen LogP contribution in [0, 0.1) is 0 Å². The Labute approximate surface area is 133 Å². The summed E-state index contributed by atoms with van der Waals surface area (Å²) in [5.74, 6) is -0.612. The van der Waals surface area contributed by atoms with Crippen LogP contribution in [0.15, 0.2) is 23.0 Å². The highest BCUT2D eigenvalue weighted by Crippen LogP contribution is 2.14. The number of carbonyl (C=O) groups excluding carboxylic acids is 2. The van der Waals surface area contributed by atoms with Crippen molar-refractivity contribution in [2.45, 2.75) is 32.6 Å². The Bertz CT molecular complexity index is 760. The highest BCUT2D eigenvalue weighted by Gasteiger charge is 2.19. The molecule has 0 radical (unpaired) electrons. The highest BCUT2D eigenvalue weighted by molar-refractivity contribution is 6.03. The van der Waals surface area contributed by atoms with Gasteiger partial charge in [-0.15, -0.1) is 0 Å². The standard InChI is InChI=1S/C16H21N3O4/c1-3-4-5-6-10-17-16(22)19-14(20)13-11(15(21)23-2)8-7-9-12(13)18-19/h7-9,18H,3-6,10H2,1-2H3,(H,17,22). The van der Waals surface area contributed by atoms with Crippen molar-refractivity contribution >= 4 is 22.9 Å². The Morgan fingerprint density at radius 2 is 2.04 bits per heavy atom. The first-order valence-electron chi connectivity index (χ1n) is 7.70. The van der Waals surface area contributed by atoms with Gasteiger partial charge < -0.3 is 10.1 Å². The van der Waals surface area contributed by atoms with Gasteiger partial charge >= 0.3 is 12.0 Å². The van der Waals surface area contributed by atoms with Gasteiger partial charge in [0, 0.05) is 6.54 Å². The molecule has 124 valence electrons. The molecule has 0 spiro atoms. The molecular formula is C16H21N3O4. The van der Waals surface area contributed by atoms with Crippen LogP contribution in [0.4, 0.5) is 4.79 Å². The van der Waals surface area contributed by atoms with Gasteiger partial charge in [-0.3, -0.25) is 9.89 Å². The molecule has 7 nitrogen and oxygen atoms in total. The number of carbonyl (C=O) groups is 2. The van der Waals surface area contributed by atoms with E-state index < -0.39 is 17.6 Å². The third-order valence-corrected chi connectivity index (χ3v) is 3.63. The Balaban J connectivity index is 2.22. The van der Waals surface area contributed by atoms with Crippen LogP contribution in [0.25, 0.3) is 10.9 Å². The van der Waals surface area contributed by atoms with E-state index in [1.807, 2.05) is 0 Å². The molecule has 0 aliphatic carbocycles. The van der Waals surface area contributed by atoms with E-state index in [1.54, 1.807) is 12.1 Å². The largest absolute Gasteiger partial charge is 0.465 e. The van der Waals surface area contributed by atoms with Crippen LogP contribution in [-0.4, -0.2) is 35.4 Å². The molecule has 0 aliphatic rings. The summed E-state index contributed by atoms with van der Waals surface area (Å²) in [6.07, 6.45) is 4.13. The molecule has 0 fully saturated rings. The fourth-order valence-electron chi connectivity index (χ4n) is 2.41. The second-order valence-corrected chi connectivity index (χ2v) is 5.26. The van der Waals surface area contributed by atoms with E-state index >= 15 is 0 Å². The number of esters is 1. The number of fused-ring (bicyclic) bond motifs is 1. The summed E-state index contributed by atoms with van der Waals surface area (Å²) in [6, 6.07) is 4.22. The number of aromatic nitrogens is 2. The smallest absolute Gasteiger partial charge is 0.343 e. The van der Waals surface area contributed by atoms with E-state index in [-0.39, 0.29) is 10.9 Å². The summed E-state index contributed by atoms with van der Waals surface area (Å²) in [6.45, 7) is 2.62. The molecule has 2 N–H and O–H groups in total. The quantitative estimate of drug-likeness (QED) is 0.631. The topological polar surface area (TPSA) is 93.2 Å². The molecule has 2 aromatic rings. The normalized spacial score (nSPS) is 10.7. The fourth-order valence-corrected chi connectivity index (χ4v) is 2.41. The fraction of sp³-hybridized carbons (Fsp3) is 0.438. The Hall–Kier alpha value is -2.57. The summed E-state index contributed by atoms with van der Waals surface area (Å²) >= 11 is 0. The van der Waals surface area contributed by atoms with Crippen LogP contribution in [0.1, 0.15) is 43.0 Å². The van der Waals surface area contributed by atoms with Crippen LogP contribution in [0.2, 0.25) is 0 Å². The SMILES string of the molecule is CCCCCCNC(=O)n1[nH]c2cccc(C(=O)OC)c2c1=O. The van der Waals surface area contributed by atoms with E-state index in [2.05, 4.69) is 22.1 Å². The summed E-state index contributed by atoms with van der Waals surface area (Å²) in [5.41, 5.74) is -0.00756. The molecule has 23 heavy (non-hydrogen) atoms. The lowest BCUT2D eigenvalue weighted by molar-refractivity contribution is 0.0603. The molecule has 2 rings (SSSR count). The van der Waals surface area contributed by atoms with Crippen LogP contribution in [-0.2, 0) is 4.74 Å². The van der Waals surface area contributed by atoms with Crippen LogP contribution in [0.5, 0.6) is 0 Å². The van der Waals surface area contributed by atoms with Gasteiger partial charge in [-0.25, -0.2) is 9.59 Å². The van der Waals surface area contributed by atoms with Gasteiger partial charge in [0.25, 0.3) is 5.56 Å². The lowest BCUT2D eigenvalue weighted by Gasteiger charge is -2.04. The minimum absolute atomic E-state index is 0.140. The van der Waals surface area contributed by atoms with E-state index in [9.17, 15) is 14.4 Å². The molecule has 0 saturated heterocycles. The number of hydrogen-bond acceptors (Lipinski definition) is 4. The minimum atomic E-state index is -0.612. The first-order valence-corrected chi connectivity index (χ1v) is 7.70. The number of benzene rings is 1. The lowest BCUT2D eigenvalue weighted by atomic mass is 10.1. The van der Waals surface area contributed by atoms with E-state index in [4.69, 9.17) is 0 Å². The van der Waals surface area contributed by atoms with Crippen molar-refractivity contribution in [3.05, 3.63) is 34.1 Å². The second kappa shape index (κ2) is 7.62. The van der Waals surface area contributed by atoms with Gasteiger partial charge in [-0.1, -0.05) is 32.3 Å². The predicted molar refractivity (Wildman–Crippen MR) is 86.8 cm³/mol. The number of amides is 1. The average molecular weight is 319 g/mol. The molecule has 7 heteroatoms. The number of nitrogens with zero attached hydrogens (tertiary/aromatic N) is 1.